The Balaban J connectivity index is 1.96. The standard InChI is InChI=1S/C14H25N5/c1-11(2)17-13-7-14(16-10-15-13)19(4)9-12-5-6-18(3)8-12/h7,10-12H,5-6,8-9H2,1-4H3,(H,15,16,17). The van der Waals surface area contributed by atoms with Crippen LogP contribution in [0.25, 0.3) is 0 Å². The molecule has 106 valence electrons. The summed E-state index contributed by atoms with van der Waals surface area (Å²) < 4.78 is 0. The fourth-order valence-corrected chi connectivity index (χ4v) is 2.59. The third kappa shape index (κ3) is 4.06. The summed E-state index contributed by atoms with van der Waals surface area (Å²) in [5, 5.41) is 3.31. The molecule has 0 saturated carbocycles. The molecule has 2 rings (SSSR count). The highest BCUT2D eigenvalue weighted by Crippen LogP contribution is 2.19. The summed E-state index contributed by atoms with van der Waals surface area (Å²) in [4.78, 5) is 13.2. The summed E-state index contributed by atoms with van der Waals surface area (Å²) in [6, 6.07) is 2.41. The molecule has 0 radical (unpaired) electrons. The van der Waals surface area contributed by atoms with Crippen LogP contribution in [0.3, 0.4) is 0 Å². The lowest BCUT2D eigenvalue weighted by molar-refractivity contribution is 0.395. The summed E-state index contributed by atoms with van der Waals surface area (Å²) in [6.45, 7) is 7.68. The van der Waals surface area contributed by atoms with E-state index in [0.29, 0.717) is 6.04 Å². The van der Waals surface area contributed by atoms with Gasteiger partial charge in [-0.15, -0.1) is 0 Å². The number of hydrogen-bond acceptors (Lipinski definition) is 5. The maximum absolute atomic E-state index is 4.37. The van der Waals surface area contributed by atoms with E-state index in [0.717, 1.165) is 24.1 Å². The van der Waals surface area contributed by atoms with E-state index in [1.54, 1.807) is 6.33 Å². The van der Waals surface area contributed by atoms with Gasteiger partial charge in [0.25, 0.3) is 0 Å². The van der Waals surface area contributed by atoms with E-state index in [2.05, 4.69) is 53.0 Å². The van der Waals surface area contributed by atoms with Crippen LogP contribution in [0.15, 0.2) is 12.4 Å². The molecule has 5 nitrogen and oxygen atoms in total. The molecule has 1 aliphatic rings. The second-order valence-electron chi connectivity index (χ2n) is 5.86. The Morgan fingerprint density at radius 2 is 2.26 bits per heavy atom. The minimum absolute atomic E-state index is 0.386. The quantitative estimate of drug-likeness (QED) is 0.875. The molecule has 2 heterocycles. The zero-order chi connectivity index (χ0) is 13.8. The van der Waals surface area contributed by atoms with Gasteiger partial charge in [-0.25, -0.2) is 9.97 Å². The highest BCUT2D eigenvalue weighted by atomic mass is 15.2. The molecular formula is C14H25N5. The molecule has 1 aromatic heterocycles. The van der Waals surface area contributed by atoms with Crippen LogP contribution >= 0.6 is 0 Å². The lowest BCUT2D eigenvalue weighted by Gasteiger charge is -2.22. The molecule has 1 atom stereocenters. The maximum atomic E-state index is 4.37. The average molecular weight is 263 g/mol. The van der Waals surface area contributed by atoms with Gasteiger partial charge in [0, 0.05) is 32.2 Å². The van der Waals surface area contributed by atoms with Gasteiger partial charge in [0.2, 0.25) is 0 Å². The van der Waals surface area contributed by atoms with Crippen LogP contribution in [0.2, 0.25) is 0 Å². The summed E-state index contributed by atoms with van der Waals surface area (Å²) in [7, 11) is 4.30. The second-order valence-corrected chi connectivity index (χ2v) is 5.86. The van der Waals surface area contributed by atoms with Crippen LogP contribution in [-0.2, 0) is 0 Å². The van der Waals surface area contributed by atoms with Crippen molar-refractivity contribution in [2.24, 2.45) is 5.92 Å². The Labute approximate surface area is 116 Å². The molecular weight excluding hydrogens is 238 g/mol. The highest BCUT2D eigenvalue weighted by molar-refractivity contribution is 5.48. The topological polar surface area (TPSA) is 44.3 Å². The van der Waals surface area contributed by atoms with Crippen LogP contribution < -0.4 is 10.2 Å². The van der Waals surface area contributed by atoms with Gasteiger partial charge in [0.05, 0.1) is 0 Å². The molecule has 5 heteroatoms. The van der Waals surface area contributed by atoms with Crippen LogP contribution in [0.1, 0.15) is 20.3 Å². The van der Waals surface area contributed by atoms with Crippen molar-refractivity contribution in [3.05, 3.63) is 12.4 Å². The lowest BCUT2D eigenvalue weighted by atomic mass is 10.1. The zero-order valence-electron chi connectivity index (χ0n) is 12.4. The molecule has 0 amide bonds. The Hall–Kier alpha value is -1.36. The minimum Gasteiger partial charge on any atom is -0.368 e. The van der Waals surface area contributed by atoms with Crippen molar-refractivity contribution >= 4 is 11.6 Å². The molecule has 0 spiro atoms. The molecule has 1 fully saturated rings. The molecule has 1 aliphatic heterocycles. The zero-order valence-corrected chi connectivity index (χ0v) is 12.4. The lowest BCUT2D eigenvalue weighted by Crippen LogP contribution is -2.28. The number of aromatic nitrogens is 2. The van der Waals surface area contributed by atoms with E-state index in [1.165, 1.54) is 19.5 Å². The first kappa shape index (κ1) is 14.1. The van der Waals surface area contributed by atoms with E-state index < -0.39 is 0 Å². The van der Waals surface area contributed by atoms with Gasteiger partial charge < -0.3 is 15.1 Å². The van der Waals surface area contributed by atoms with Crippen molar-refractivity contribution < 1.29 is 0 Å². The molecule has 1 aromatic rings. The largest absolute Gasteiger partial charge is 0.368 e. The van der Waals surface area contributed by atoms with Gasteiger partial charge in [-0.2, -0.15) is 0 Å². The van der Waals surface area contributed by atoms with Crippen LogP contribution in [0.5, 0.6) is 0 Å². The van der Waals surface area contributed by atoms with E-state index in [9.17, 15) is 0 Å². The van der Waals surface area contributed by atoms with E-state index in [4.69, 9.17) is 0 Å². The van der Waals surface area contributed by atoms with Crippen molar-refractivity contribution in [1.82, 2.24) is 14.9 Å². The van der Waals surface area contributed by atoms with Gasteiger partial charge in [-0.3, -0.25) is 0 Å². The first-order chi connectivity index (χ1) is 9.04. The van der Waals surface area contributed by atoms with Crippen LogP contribution in [-0.4, -0.2) is 54.6 Å². The summed E-state index contributed by atoms with van der Waals surface area (Å²) in [5.41, 5.74) is 0. The average Bonchev–Trinajstić information content (AvgIpc) is 2.74. The molecule has 1 unspecified atom stereocenters. The minimum atomic E-state index is 0.386. The van der Waals surface area contributed by atoms with Crippen molar-refractivity contribution in [2.45, 2.75) is 26.3 Å². The smallest absolute Gasteiger partial charge is 0.133 e. The predicted molar refractivity (Wildman–Crippen MR) is 79.7 cm³/mol. The fourth-order valence-electron chi connectivity index (χ4n) is 2.59. The van der Waals surface area contributed by atoms with Gasteiger partial charge in [-0.1, -0.05) is 0 Å². The Morgan fingerprint density at radius 3 is 2.89 bits per heavy atom. The first-order valence-corrected chi connectivity index (χ1v) is 7.03. The van der Waals surface area contributed by atoms with E-state index in [-0.39, 0.29) is 0 Å². The molecule has 19 heavy (non-hydrogen) atoms. The number of nitrogens with one attached hydrogen (secondary N) is 1. The molecule has 1 saturated heterocycles. The number of rotatable bonds is 5. The van der Waals surface area contributed by atoms with Crippen LogP contribution in [0, 0.1) is 5.92 Å². The van der Waals surface area contributed by atoms with Crippen molar-refractivity contribution in [2.75, 3.05) is 43.9 Å². The van der Waals surface area contributed by atoms with Crippen LogP contribution in [0.4, 0.5) is 11.6 Å². The Kier molecular flexibility index (Phi) is 4.58. The third-order valence-corrected chi connectivity index (χ3v) is 3.50. The van der Waals surface area contributed by atoms with E-state index in [1.807, 2.05) is 6.07 Å². The maximum Gasteiger partial charge on any atom is 0.133 e. The predicted octanol–water partition coefficient (Wildman–Crippen LogP) is 1.68. The summed E-state index contributed by atoms with van der Waals surface area (Å²) in [5.74, 6) is 2.63. The first-order valence-electron chi connectivity index (χ1n) is 7.03. The normalized spacial score (nSPS) is 19.9. The fraction of sp³-hybridized carbons (Fsp3) is 0.714. The monoisotopic (exact) mass is 263 g/mol. The number of nitrogens with zero attached hydrogens (tertiary/aromatic N) is 4. The van der Waals surface area contributed by atoms with Crippen molar-refractivity contribution in [1.29, 1.82) is 0 Å². The van der Waals surface area contributed by atoms with E-state index >= 15 is 0 Å². The number of likely N-dealkylation sites (tertiary alicyclic amines) is 1. The van der Waals surface area contributed by atoms with Gasteiger partial charge >= 0.3 is 0 Å². The van der Waals surface area contributed by atoms with Crippen molar-refractivity contribution in [3.63, 3.8) is 0 Å². The Morgan fingerprint density at radius 1 is 1.47 bits per heavy atom. The molecule has 1 N–H and O–H groups in total. The second kappa shape index (κ2) is 6.19. The summed E-state index contributed by atoms with van der Waals surface area (Å²) >= 11 is 0. The van der Waals surface area contributed by atoms with Gasteiger partial charge in [-0.05, 0) is 39.8 Å². The van der Waals surface area contributed by atoms with Crippen molar-refractivity contribution in [3.8, 4) is 0 Å². The molecule has 0 aromatic carbocycles. The highest BCUT2D eigenvalue weighted by Gasteiger charge is 2.21. The SMILES string of the molecule is CC(C)Nc1cc(N(C)CC2CCN(C)C2)ncn1. The number of hydrogen-bond donors (Lipinski definition) is 1. The Bertz CT molecular complexity index is 407. The number of anilines is 2. The van der Waals surface area contributed by atoms with Gasteiger partial charge in [0.1, 0.15) is 18.0 Å². The summed E-state index contributed by atoms with van der Waals surface area (Å²) in [6.07, 6.45) is 2.92. The molecule has 0 aliphatic carbocycles. The third-order valence-electron chi connectivity index (χ3n) is 3.50. The van der Waals surface area contributed by atoms with Gasteiger partial charge in [0.15, 0.2) is 0 Å². The molecule has 0 bridgehead atoms.